The molecule has 0 bridgehead atoms. The van der Waals surface area contributed by atoms with Gasteiger partial charge in [-0.05, 0) is 160 Å². The maximum absolute atomic E-state index is 8.06. The number of fused-ring (bicyclic) bond motifs is 14. The van der Waals surface area contributed by atoms with Crippen molar-refractivity contribution in [3.63, 3.8) is 0 Å². The highest BCUT2D eigenvalue weighted by atomic mass is 16.5. The summed E-state index contributed by atoms with van der Waals surface area (Å²) in [4.78, 5) is 12.4. The Morgan fingerprint density at radius 1 is 0.245 bits per heavy atom. The SMILES string of the molecule is c1ccc(N(c2ccccc2)c2cc3c4c(c2)N(c2ccccc2-c2cccc5c2oc2ccccc25)c2ccccc2B4c2cc4c(cc2O3)N(c2ccccc2-n2c3ccccc3c3ccccc32)c2cc(N(c3ccccc3)c3ccccc3)cc3c2B4c2ccccc2N3c2ccccc2)cc1. The van der Waals surface area contributed by atoms with Crippen molar-refractivity contribution in [2.75, 3.05) is 24.5 Å². The van der Waals surface area contributed by atoms with Gasteiger partial charge in [-0.1, -0.05) is 237 Å². The molecule has 4 aliphatic heterocycles. The minimum atomic E-state index is -0.292. The van der Waals surface area contributed by atoms with E-state index in [9.17, 15) is 0 Å². The monoisotopic (exact) mass is 1350 g/mol. The molecule has 22 rings (SSSR count). The standard InChI is InChI=1S/C96H62B2N6O2/c1-6-31-63(32-7-1)99(64-33-8-2-9-34-64)68-57-88-94-89(58-68)104(86-55-28-27-54-85(86)102-80-49-22-16-41-70(80)71-42-17-23-50-81(71)102)87-62-92-79(61-78(87)97(94)76-47-20-25-52-83(76)101(88)67-39-14-5-15-40-67)98-77-48-21-26-53-84(77)103(82-51-24-18-43-72(82)74-45-30-46-75-73-44-19-29-56-91(73)106-96(74)75)90-59-69(60-93(105-92)95(90)98)100(65-35-10-3-11-36-65)66-37-12-4-13-38-66/h1-62H. The molecule has 0 saturated heterocycles. The molecule has 0 fully saturated rings. The molecule has 0 atom stereocenters. The van der Waals surface area contributed by atoms with E-state index < -0.39 is 0 Å². The molecule has 10 heteroatoms. The van der Waals surface area contributed by atoms with E-state index in [1.807, 2.05) is 0 Å². The van der Waals surface area contributed by atoms with Crippen LogP contribution in [0.15, 0.2) is 381 Å². The Hall–Kier alpha value is -14.0. The lowest BCUT2D eigenvalue weighted by Crippen LogP contribution is -2.64. The molecule has 16 aromatic carbocycles. The fourth-order valence-corrected chi connectivity index (χ4v) is 17.8. The van der Waals surface area contributed by atoms with Gasteiger partial charge in [-0.2, -0.15) is 0 Å². The van der Waals surface area contributed by atoms with Crippen LogP contribution in [0.3, 0.4) is 0 Å². The summed E-state index contributed by atoms with van der Waals surface area (Å²) in [6, 6.07) is 137. The Kier molecular flexibility index (Phi) is 13.4. The molecule has 0 unspecified atom stereocenters. The first kappa shape index (κ1) is 59.7. The van der Waals surface area contributed by atoms with Crippen molar-refractivity contribution in [1.29, 1.82) is 0 Å². The van der Waals surface area contributed by atoms with E-state index in [0.29, 0.717) is 0 Å². The van der Waals surface area contributed by atoms with Crippen LogP contribution in [0, 0.1) is 0 Å². The normalized spacial score (nSPS) is 12.9. The van der Waals surface area contributed by atoms with Crippen LogP contribution in [0.2, 0.25) is 0 Å². The van der Waals surface area contributed by atoms with Crippen LogP contribution in [-0.4, -0.2) is 18.0 Å². The molecule has 0 amide bonds. The second-order valence-electron chi connectivity index (χ2n) is 27.8. The molecule has 106 heavy (non-hydrogen) atoms. The zero-order valence-corrected chi connectivity index (χ0v) is 57.5. The molecule has 494 valence electrons. The summed E-state index contributed by atoms with van der Waals surface area (Å²) in [6.45, 7) is -0.550. The Morgan fingerprint density at radius 3 is 1.29 bits per heavy atom. The minimum absolute atomic E-state index is 0.259. The molecule has 6 heterocycles. The molecular formula is C96H62B2N6O2. The number of para-hydroxylation sites is 14. The number of hydrogen-bond donors (Lipinski definition) is 0. The molecule has 2 aromatic heterocycles. The van der Waals surface area contributed by atoms with Gasteiger partial charge in [0.05, 0.1) is 39.5 Å². The van der Waals surface area contributed by atoms with Crippen LogP contribution in [0.5, 0.6) is 11.5 Å². The molecule has 0 saturated carbocycles. The van der Waals surface area contributed by atoms with Gasteiger partial charge in [0, 0.05) is 107 Å². The van der Waals surface area contributed by atoms with Gasteiger partial charge in [0.1, 0.15) is 22.7 Å². The number of hydrogen-bond acceptors (Lipinski definition) is 7. The van der Waals surface area contributed by atoms with Gasteiger partial charge in [0.25, 0.3) is 13.4 Å². The quantitative estimate of drug-likeness (QED) is 0.120. The van der Waals surface area contributed by atoms with Crippen LogP contribution in [0.4, 0.5) is 85.3 Å². The number of nitrogens with zero attached hydrogens (tertiary/aromatic N) is 6. The summed E-state index contributed by atoms with van der Waals surface area (Å²) in [6.07, 6.45) is 0. The largest absolute Gasteiger partial charge is 0.458 e. The van der Waals surface area contributed by atoms with E-state index in [0.717, 1.165) is 158 Å². The summed E-state index contributed by atoms with van der Waals surface area (Å²) in [7, 11) is 0. The van der Waals surface area contributed by atoms with Gasteiger partial charge >= 0.3 is 0 Å². The maximum atomic E-state index is 8.06. The van der Waals surface area contributed by atoms with Gasteiger partial charge in [0.15, 0.2) is 0 Å². The Balaban J connectivity index is 0.842. The van der Waals surface area contributed by atoms with Gasteiger partial charge in [0.2, 0.25) is 0 Å². The number of furan rings is 1. The van der Waals surface area contributed by atoms with Crippen molar-refractivity contribution in [1.82, 2.24) is 4.57 Å². The minimum Gasteiger partial charge on any atom is -0.458 e. The number of anilines is 15. The molecular weight excluding hydrogens is 1290 g/mol. The third-order valence-corrected chi connectivity index (χ3v) is 22.1. The highest BCUT2D eigenvalue weighted by molar-refractivity contribution is 7.02. The lowest BCUT2D eigenvalue weighted by Gasteiger charge is -2.46. The smallest absolute Gasteiger partial charge is 0.256 e. The third-order valence-electron chi connectivity index (χ3n) is 22.1. The Bertz CT molecular complexity index is 6430. The predicted octanol–water partition coefficient (Wildman–Crippen LogP) is 21.8. The summed E-state index contributed by atoms with van der Waals surface area (Å²) in [5.74, 6) is 1.56. The van der Waals surface area contributed by atoms with E-state index in [1.165, 1.54) is 32.6 Å². The molecule has 0 radical (unpaired) electrons. The topological polar surface area (TPSA) is 43.5 Å². The van der Waals surface area contributed by atoms with Gasteiger partial charge in [-0.25, -0.2) is 0 Å². The highest BCUT2D eigenvalue weighted by Gasteiger charge is 2.49. The molecule has 18 aromatic rings. The summed E-state index contributed by atoms with van der Waals surface area (Å²) in [5, 5.41) is 4.56. The predicted molar refractivity (Wildman–Crippen MR) is 443 cm³/mol. The van der Waals surface area contributed by atoms with Crippen molar-refractivity contribution in [2.24, 2.45) is 0 Å². The fourth-order valence-electron chi connectivity index (χ4n) is 17.8. The van der Waals surface area contributed by atoms with E-state index in [4.69, 9.17) is 9.15 Å². The average molecular weight is 1350 g/mol. The second-order valence-corrected chi connectivity index (χ2v) is 27.8. The van der Waals surface area contributed by atoms with E-state index in [1.54, 1.807) is 0 Å². The maximum Gasteiger partial charge on any atom is 0.256 e. The van der Waals surface area contributed by atoms with Crippen LogP contribution < -0.4 is 62.0 Å². The first-order valence-corrected chi connectivity index (χ1v) is 36.4. The number of ether oxygens (including phenoxy) is 1. The van der Waals surface area contributed by atoms with Crippen LogP contribution in [-0.2, 0) is 0 Å². The van der Waals surface area contributed by atoms with Crippen molar-refractivity contribution >= 4 is 175 Å². The molecule has 4 aliphatic rings. The zero-order chi connectivity index (χ0) is 69.5. The number of aromatic nitrogens is 1. The fraction of sp³-hybridized carbons (Fsp3) is 0. The van der Waals surface area contributed by atoms with Crippen molar-refractivity contribution in [3.8, 4) is 28.3 Å². The van der Waals surface area contributed by atoms with Crippen LogP contribution in [0.25, 0.3) is 60.6 Å². The Morgan fingerprint density at radius 2 is 0.679 bits per heavy atom. The lowest BCUT2D eigenvalue weighted by atomic mass is 9.30. The lowest BCUT2D eigenvalue weighted by molar-refractivity contribution is 0.488. The highest BCUT2D eigenvalue weighted by Crippen LogP contribution is 2.54. The molecule has 0 N–H and O–H groups in total. The first-order valence-electron chi connectivity index (χ1n) is 36.4. The van der Waals surface area contributed by atoms with Crippen molar-refractivity contribution in [2.45, 2.75) is 0 Å². The number of rotatable bonds is 11. The summed E-state index contributed by atoms with van der Waals surface area (Å²) >= 11 is 0. The van der Waals surface area contributed by atoms with E-state index >= 15 is 0 Å². The van der Waals surface area contributed by atoms with Gasteiger partial charge < -0.3 is 38.2 Å². The Labute approximate surface area is 614 Å². The van der Waals surface area contributed by atoms with Crippen molar-refractivity contribution < 1.29 is 9.15 Å². The summed E-state index contributed by atoms with van der Waals surface area (Å²) in [5.41, 5.74) is 29.6. The summed E-state index contributed by atoms with van der Waals surface area (Å²) < 4.78 is 17.4. The van der Waals surface area contributed by atoms with E-state index in [2.05, 4.69) is 405 Å². The zero-order valence-electron chi connectivity index (χ0n) is 57.5. The van der Waals surface area contributed by atoms with E-state index in [-0.39, 0.29) is 13.4 Å². The first-order chi connectivity index (χ1) is 52.6. The molecule has 0 spiro atoms. The average Bonchev–Trinajstić information content (AvgIpc) is 1.10. The van der Waals surface area contributed by atoms with Crippen LogP contribution >= 0.6 is 0 Å². The van der Waals surface area contributed by atoms with Crippen molar-refractivity contribution in [3.05, 3.63) is 376 Å². The third kappa shape index (κ3) is 9.04. The van der Waals surface area contributed by atoms with Crippen LogP contribution in [0.1, 0.15) is 0 Å². The van der Waals surface area contributed by atoms with Gasteiger partial charge in [-0.3, -0.25) is 0 Å². The molecule has 0 aliphatic carbocycles. The number of benzene rings is 16. The second kappa shape index (κ2) is 23.8. The van der Waals surface area contributed by atoms with Gasteiger partial charge in [-0.15, -0.1) is 0 Å². The molecule has 8 nitrogen and oxygen atoms in total.